The molecule has 0 aromatic heterocycles. The highest BCUT2D eigenvalue weighted by Gasteiger charge is 2.73. The van der Waals surface area contributed by atoms with Gasteiger partial charge in [-0.15, -0.1) is 0 Å². The Labute approximate surface area is 225 Å². The third kappa shape index (κ3) is 5.05. The predicted molar refractivity (Wildman–Crippen MR) is 139 cm³/mol. The van der Waals surface area contributed by atoms with Gasteiger partial charge in [0.2, 0.25) is 0 Å². The maximum absolute atomic E-state index is 13.0. The Morgan fingerprint density at radius 3 is 2.34 bits per heavy atom. The molecule has 0 unspecified atom stereocenters. The largest absolute Gasteiger partial charge is 0.457 e. The summed E-state index contributed by atoms with van der Waals surface area (Å²) >= 11 is 0. The first-order chi connectivity index (χ1) is 17.6. The molecule has 1 heterocycles. The Hall–Kier alpha value is -2.23. The quantitative estimate of drug-likeness (QED) is 0.133. The van der Waals surface area contributed by atoms with Crippen LogP contribution in [0.5, 0.6) is 0 Å². The van der Waals surface area contributed by atoms with Crippen molar-refractivity contribution in [3.05, 3.63) is 22.8 Å². The standard InChI is InChI=1S/C29H44O9/c1-8-10-11-12-13-14-19(31)36-23-21-20(17(4)22(23)37-25(32)16(3)9-2)24-29(35,18(30)15-27(21,5)6)28(7,34)26(33)38-24/h9,18,21-24,30,34-35H,8,10-15H2,1-7H3/b16-9-/t18-,21+,22-,23-,24-,28+,29+/m0/s1. The van der Waals surface area contributed by atoms with Gasteiger partial charge >= 0.3 is 17.9 Å². The van der Waals surface area contributed by atoms with E-state index in [0.29, 0.717) is 23.1 Å². The minimum absolute atomic E-state index is 0.0339. The minimum Gasteiger partial charge on any atom is -0.457 e. The highest BCUT2D eigenvalue weighted by Crippen LogP contribution is 2.58. The maximum Gasteiger partial charge on any atom is 0.341 e. The number of unbranched alkanes of at least 4 members (excludes halogenated alkanes) is 4. The lowest BCUT2D eigenvalue weighted by molar-refractivity contribution is -0.187. The SMILES string of the molecule is C/C=C(/C)C(=O)O[C@H]1C(C)=C2[C@H]([C@@H]1OC(=O)CCCCCCC)C(C)(C)C[C@H](O)[C@@]1(O)[C@H]2OC(=O)[C@@]1(C)O. The molecule has 1 aliphatic heterocycles. The van der Waals surface area contributed by atoms with Gasteiger partial charge in [-0.3, -0.25) is 4.79 Å². The molecule has 2 fully saturated rings. The third-order valence-corrected chi connectivity index (χ3v) is 8.74. The molecule has 0 bridgehead atoms. The van der Waals surface area contributed by atoms with Gasteiger partial charge in [-0.25, -0.2) is 9.59 Å². The van der Waals surface area contributed by atoms with Gasteiger partial charge in [0.15, 0.2) is 23.4 Å². The molecule has 214 valence electrons. The van der Waals surface area contributed by atoms with E-state index in [9.17, 15) is 29.7 Å². The zero-order valence-corrected chi connectivity index (χ0v) is 23.7. The molecule has 2 aliphatic carbocycles. The summed E-state index contributed by atoms with van der Waals surface area (Å²) in [6.45, 7) is 11.9. The molecule has 7 atom stereocenters. The summed E-state index contributed by atoms with van der Waals surface area (Å²) in [7, 11) is 0. The Kier molecular flexibility index (Phi) is 8.85. The Morgan fingerprint density at radius 2 is 1.74 bits per heavy atom. The zero-order chi connectivity index (χ0) is 28.6. The van der Waals surface area contributed by atoms with Gasteiger partial charge in [0, 0.05) is 17.9 Å². The van der Waals surface area contributed by atoms with Crippen LogP contribution in [-0.4, -0.2) is 68.8 Å². The average Bonchev–Trinajstić information content (AvgIpc) is 3.18. The summed E-state index contributed by atoms with van der Waals surface area (Å²) in [6, 6.07) is 0. The van der Waals surface area contributed by atoms with E-state index in [1.807, 2.05) is 13.8 Å². The molecule has 3 N–H and O–H groups in total. The molecule has 9 nitrogen and oxygen atoms in total. The van der Waals surface area contributed by atoms with Gasteiger partial charge in [0.25, 0.3) is 0 Å². The number of ether oxygens (including phenoxy) is 3. The molecular weight excluding hydrogens is 492 g/mol. The second-order valence-electron chi connectivity index (χ2n) is 11.9. The molecule has 3 rings (SSSR count). The molecule has 1 saturated carbocycles. The fraction of sp³-hybridized carbons (Fsp3) is 0.759. The van der Waals surface area contributed by atoms with Gasteiger partial charge in [-0.1, -0.05) is 52.5 Å². The maximum atomic E-state index is 13.0. The van der Waals surface area contributed by atoms with Crippen LogP contribution < -0.4 is 0 Å². The number of hydrogen-bond acceptors (Lipinski definition) is 9. The van der Waals surface area contributed by atoms with Crippen molar-refractivity contribution >= 4 is 17.9 Å². The van der Waals surface area contributed by atoms with E-state index in [-0.39, 0.29) is 12.8 Å². The summed E-state index contributed by atoms with van der Waals surface area (Å²) in [6.07, 6.45) is 1.68. The number of carbonyl (C=O) groups is 3. The van der Waals surface area contributed by atoms with E-state index in [4.69, 9.17) is 14.2 Å². The smallest absolute Gasteiger partial charge is 0.341 e. The van der Waals surface area contributed by atoms with Crippen LogP contribution >= 0.6 is 0 Å². The van der Waals surface area contributed by atoms with E-state index in [0.717, 1.165) is 32.6 Å². The lowest BCUT2D eigenvalue weighted by Crippen LogP contribution is -2.63. The van der Waals surface area contributed by atoms with Crippen LogP contribution in [0.4, 0.5) is 0 Å². The van der Waals surface area contributed by atoms with Crippen LogP contribution in [0.1, 0.15) is 93.4 Å². The van der Waals surface area contributed by atoms with Gasteiger partial charge in [-0.2, -0.15) is 0 Å². The van der Waals surface area contributed by atoms with Crippen LogP contribution in [0, 0.1) is 11.3 Å². The predicted octanol–water partition coefficient (Wildman–Crippen LogP) is 3.28. The molecule has 1 saturated heterocycles. The summed E-state index contributed by atoms with van der Waals surface area (Å²) < 4.78 is 17.4. The molecule has 0 radical (unpaired) electrons. The number of aliphatic hydroxyl groups is 3. The Morgan fingerprint density at radius 1 is 1.11 bits per heavy atom. The number of aliphatic hydroxyl groups excluding tert-OH is 1. The van der Waals surface area contributed by atoms with E-state index in [1.165, 1.54) is 0 Å². The first kappa shape index (κ1) is 30.3. The topological polar surface area (TPSA) is 140 Å². The lowest BCUT2D eigenvalue weighted by atomic mass is 9.71. The second-order valence-corrected chi connectivity index (χ2v) is 11.9. The molecule has 9 heteroatoms. The monoisotopic (exact) mass is 536 g/mol. The van der Waals surface area contributed by atoms with Crippen molar-refractivity contribution in [1.29, 1.82) is 0 Å². The first-order valence-electron chi connectivity index (χ1n) is 13.7. The summed E-state index contributed by atoms with van der Waals surface area (Å²) in [5, 5.41) is 33.8. The number of fused-ring (bicyclic) bond motifs is 3. The molecule has 3 aliphatic rings. The Balaban J connectivity index is 2.05. The highest BCUT2D eigenvalue weighted by atomic mass is 16.6. The van der Waals surface area contributed by atoms with Crippen molar-refractivity contribution in [2.24, 2.45) is 11.3 Å². The van der Waals surface area contributed by atoms with Crippen LogP contribution in [0.3, 0.4) is 0 Å². The van der Waals surface area contributed by atoms with E-state index in [2.05, 4.69) is 6.92 Å². The summed E-state index contributed by atoms with van der Waals surface area (Å²) in [5.41, 5.74) is -4.30. The molecule has 0 spiro atoms. The van der Waals surface area contributed by atoms with Crippen molar-refractivity contribution in [2.45, 2.75) is 129 Å². The fourth-order valence-electron chi connectivity index (χ4n) is 6.25. The van der Waals surface area contributed by atoms with E-state index < -0.39 is 64.9 Å². The summed E-state index contributed by atoms with van der Waals surface area (Å²) in [4.78, 5) is 38.5. The van der Waals surface area contributed by atoms with Crippen LogP contribution in [0.25, 0.3) is 0 Å². The minimum atomic E-state index is -2.38. The van der Waals surface area contributed by atoms with Crippen molar-refractivity contribution in [3.63, 3.8) is 0 Å². The Bertz CT molecular complexity index is 1010. The van der Waals surface area contributed by atoms with Gasteiger partial charge in [-0.05, 0) is 57.1 Å². The molecular formula is C29H44O9. The number of rotatable bonds is 9. The number of carbonyl (C=O) groups excluding carboxylic acids is 3. The fourth-order valence-corrected chi connectivity index (χ4v) is 6.25. The number of hydrogen-bond donors (Lipinski definition) is 3. The van der Waals surface area contributed by atoms with Crippen LogP contribution in [-0.2, 0) is 28.6 Å². The van der Waals surface area contributed by atoms with E-state index >= 15 is 0 Å². The first-order valence-corrected chi connectivity index (χ1v) is 13.7. The molecule has 0 aromatic rings. The van der Waals surface area contributed by atoms with E-state index in [1.54, 1.807) is 26.8 Å². The number of allylic oxidation sites excluding steroid dienone is 1. The summed E-state index contributed by atoms with van der Waals surface area (Å²) in [5.74, 6) is -2.74. The van der Waals surface area contributed by atoms with Crippen molar-refractivity contribution < 1.29 is 43.9 Å². The van der Waals surface area contributed by atoms with Crippen molar-refractivity contribution in [1.82, 2.24) is 0 Å². The van der Waals surface area contributed by atoms with Gasteiger partial charge in [0.05, 0.1) is 6.10 Å². The van der Waals surface area contributed by atoms with Crippen molar-refractivity contribution in [3.8, 4) is 0 Å². The lowest BCUT2D eigenvalue weighted by Gasteiger charge is -2.39. The second kappa shape index (κ2) is 11.1. The normalized spacial score (nSPS) is 36.3. The zero-order valence-electron chi connectivity index (χ0n) is 23.7. The van der Waals surface area contributed by atoms with Crippen LogP contribution in [0.2, 0.25) is 0 Å². The molecule has 0 amide bonds. The molecule has 38 heavy (non-hydrogen) atoms. The number of esters is 3. The average molecular weight is 537 g/mol. The third-order valence-electron chi connectivity index (χ3n) is 8.74. The van der Waals surface area contributed by atoms with Crippen molar-refractivity contribution in [2.75, 3.05) is 0 Å². The molecule has 0 aromatic carbocycles. The van der Waals surface area contributed by atoms with Gasteiger partial charge in [0.1, 0.15) is 6.10 Å². The van der Waals surface area contributed by atoms with Gasteiger partial charge < -0.3 is 29.5 Å². The highest BCUT2D eigenvalue weighted by molar-refractivity contribution is 5.88. The van der Waals surface area contributed by atoms with Crippen LogP contribution in [0.15, 0.2) is 22.8 Å².